The minimum absolute atomic E-state index is 0.0871. The van der Waals surface area contributed by atoms with E-state index in [-0.39, 0.29) is 41.3 Å². The van der Waals surface area contributed by atoms with E-state index in [0.717, 1.165) is 0 Å². The maximum absolute atomic E-state index is 14.4. The summed E-state index contributed by atoms with van der Waals surface area (Å²) in [4.78, 5) is 43.1. The molecule has 0 aliphatic carbocycles. The molecule has 0 bridgehead atoms. The van der Waals surface area contributed by atoms with E-state index in [0.29, 0.717) is 44.1 Å². The monoisotopic (exact) mass is 592 g/mol. The summed E-state index contributed by atoms with van der Waals surface area (Å²) in [6.45, 7) is 1.85. The number of rotatable bonds is 6. The number of carboxylic acid groups (broad SMARTS) is 1. The zero-order valence-electron chi connectivity index (χ0n) is 22.4. The maximum Gasteiger partial charge on any atom is 0.335 e. The molecule has 0 radical (unpaired) electrons. The van der Waals surface area contributed by atoms with Crippen molar-refractivity contribution in [2.24, 2.45) is 0 Å². The van der Waals surface area contributed by atoms with Gasteiger partial charge in [-0.1, -0.05) is 30.3 Å². The first kappa shape index (κ1) is 26.3. The van der Waals surface area contributed by atoms with Crippen LogP contribution in [0.3, 0.4) is 0 Å². The highest BCUT2D eigenvalue weighted by Gasteiger charge is 2.50. The molecule has 43 heavy (non-hydrogen) atoms. The second kappa shape index (κ2) is 9.77. The zero-order chi connectivity index (χ0) is 29.9. The summed E-state index contributed by atoms with van der Waals surface area (Å²) in [5.74, 6) is -1.22. The number of nitrogen functional groups attached to an aromatic ring is 1. The number of carbonyl (C=O) groups excluding carboxylic acids is 1. The molecule has 1 amide bonds. The largest absolute Gasteiger partial charge is 0.478 e. The average Bonchev–Trinajstić information content (AvgIpc) is 3.70. The Morgan fingerprint density at radius 3 is 2.65 bits per heavy atom. The predicted molar refractivity (Wildman–Crippen MR) is 158 cm³/mol. The van der Waals surface area contributed by atoms with Gasteiger partial charge in [0, 0.05) is 22.7 Å². The van der Waals surface area contributed by atoms with E-state index in [1.807, 2.05) is 6.07 Å². The van der Waals surface area contributed by atoms with E-state index in [4.69, 9.17) is 10.7 Å². The van der Waals surface area contributed by atoms with Gasteiger partial charge < -0.3 is 16.2 Å². The fourth-order valence-electron chi connectivity index (χ4n) is 5.21. The van der Waals surface area contributed by atoms with Crippen molar-refractivity contribution in [3.05, 3.63) is 99.8 Å². The van der Waals surface area contributed by atoms with Crippen LogP contribution >= 0.6 is 11.3 Å². The topological polar surface area (TPSA) is 162 Å². The number of nitrogens with two attached hydrogens (primary N) is 1. The summed E-state index contributed by atoms with van der Waals surface area (Å²) in [6, 6.07) is 16.4. The Labute approximate surface area is 246 Å². The first-order chi connectivity index (χ1) is 20.7. The number of hydrogen-bond donors (Lipinski definition) is 3. The van der Waals surface area contributed by atoms with E-state index in [2.05, 4.69) is 25.4 Å². The molecule has 0 saturated heterocycles. The van der Waals surface area contributed by atoms with E-state index >= 15 is 0 Å². The van der Waals surface area contributed by atoms with Crippen LogP contribution in [0.25, 0.3) is 33.8 Å². The van der Waals surface area contributed by atoms with Crippen LogP contribution in [0, 0.1) is 5.82 Å². The number of fused-ring (bicyclic) bond motifs is 2. The van der Waals surface area contributed by atoms with Crippen LogP contribution in [0.4, 0.5) is 16.0 Å². The Kier molecular flexibility index (Phi) is 5.99. The van der Waals surface area contributed by atoms with Crippen molar-refractivity contribution in [3.63, 3.8) is 0 Å². The van der Waals surface area contributed by atoms with E-state index in [1.165, 1.54) is 29.5 Å². The molecule has 1 atom stereocenters. The fourth-order valence-corrected chi connectivity index (χ4v) is 6.20. The van der Waals surface area contributed by atoms with Crippen LogP contribution in [0.5, 0.6) is 0 Å². The van der Waals surface area contributed by atoms with Gasteiger partial charge in [-0.2, -0.15) is 5.10 Å². The number of carboxylic acids is 1. The first-order valence-electron chi connectivity index (χ1n) is 13.1. The molecule has 4 aromatic heterocycles. The highest BCUT2D eigenvalue weighted by atomic mass is 32.1. The van der Waals surface area contributed by atoms with Gasteiger partial charge in [0.2, 0.25) is 5.91 Å². The number of pyridine rings is 1. The van der Waals surface area contributed by atoms with Gasteiger partial charge in [0.05, 0.1) is 28.8 Å². The average molecular weight is 593 g/mol. The molecule has 1 unspecified atom stereocenters. The van der Waals surface area contributed by atoms with E-state index in [9.17, 15) is 19.1 Å². The molecular formula is C30H21FN8O3S. The SMILES string of the molecule is CC1(c2nc(-c3ccc(C(=O)O)cc3)cs2)C(=O)Nc2nc(-c3nn(Cc4ccccc4F)c4ncccc34)nc(N)c21. The van der Waals surface area contributed by atoms with Crippen LogP contribution in [-0.2, 0) is 16.8 Å². The van der Waals surface area contributed by atoms with Crippen molar-refractivity contribution < 1.29 is 19.1 Å². The van der Waals surface area contributed by atoms with Crippen molar-refractivity contribution in [1.29, 1.82) is 0 Å². The Hall–Kier alpha value is -5.56. The minimum atomic E-state index is -1.27. The Morgan fingerprint density at radius 1 is 1.09 bits per heavy atom. The number of benzene rings is 2. The van der Waals surface area contributed by atoms with Crippen LogP contribution in [0.1, 0.15) is 33.4 Å². The third kappa shape index (κ3) is 4.20. The van der Waals surface area contributed by atoms with Crippen molar-refractivity contribution in [1.82, 2.24) is 29.7 Å². The molecule has 2 aromatic carbocycles. The number of anilines is 2. The van der Waals surface area contributed by atoms with Crippen molar-refractivity contribution in [3.8, 4) is 22.8 Å². The third-order valence-electron chi connectivity index (χ3n) is 7.48. The van der Waals surface area contributed by atoms with Gasteiger partial charge in [-0.05, 0) is 37.3 Å². The van der Waals surface area contributed by atoms with Crippen LogP contribution in [0.2, 0.25) is 0 Å². The highest BCUT2D eigenvalue weighted by Crippen LogP contribution is 2.46. The number of carbonyl (C=O) groups is 2. The molecule has 0 saturated carbocycles. The lowest BCUT2D eigenvalue weighted by molar-refractivity contribution is -0.119. The molecule has 4 N–H and O–H groups in total. The molecule has 6 aromatic rings. The maximum atomic E-state index is 14.4. The van der Waals surface area contributed by atoms with Gasteiger partial charge in [-0.25, -0.2) is 33.8 Å². The Bertz CT molecular complexity index is 2090. The first-order valence-corrected chi connectivity index (χ1v) is 14.0. The second-order valence-electron chi connectivity index (χ2n) is 10.1. The van der Waals surface area contributed by atoms with Crippen LogP contribution in [-0.4, -0.2) is 46.7 Å². The van der Waals surface area contributed by atoms with Crippen molar-refractivity contribution in [2.45, 2.75) is 18.9 Å². The number of hydrogen-bond acceptors (Lipinski definition) is 9. The number of thiazole rings is 1. The lowest BCUT2D eigenvalue weighted by atomic mass is 9.85. The number of nitrogens with zero attached hydrogens (tertiary/aromatic N) is 6. The highest BCUT2D eigenvalue weighted by molar-refractivity contribution is 7.10. The molecule has 13 heteroatoms. The fraction of sp³-hybridized carbons (Fsp3) is 0.100. The molecule has 1 aliphatic heterocycles. The predicted octanol–water partition coefficient (Wildman–Crippen LogP) is 4.74. The van der Waals surface area contributed by atoms with Gasteiger partial charge in [-0.15, -0.1) is 11.3 Å². The molecule has 1 aliphatic rings. The summed E-state index contributed by atoms with van der Waals surface area (Å²) in [7, 11) is 0. The summed E-state index contributed by atoms with van der Waals surface area (Å²) in [6.07, 6.45) is 1.62. The Morgan fingerprint density at radius 2 is 1.88 bits per heavy atom. The minimum Gasteiger partial charge on any atom is -0.478 e. The van der Waals surface area contributed by atoms with Gasteiger partial charge in [-0.3, -0.25) is 4.79 Å². The number of nitrogens with one attached hydrogen (secondary N) is 1. The number of halogens is 1. The van der Waals surface area contributed by atoms with E-state index < -0.39 is 11.4 Å². The van der Waals surface area contributed by atoms with Crippen LogP contribution in [0.15, 0.2) is 72.2 Å². The second-order valence-corrected chi connectivity index (χ2v) is 11.0. The molecule has 212 valence electrons. The van der Waals surface area contributed by atoms with Gasteiger partial charge in [0.15, 0.2) is 11.5 Å². The van der Waals surface area contributed by atoms with Crippen molar-refractivity contribution >= 4 is 45.9 Å². The van der Waals surface area contributed by atoms with E-state index in [1.54, 1.807) is 59.6 Å². The third-order valence-corrected chi connectivity index (χ3v) is 8.54. The van der Waals surface area contributed by atoms with Gasteiger partial charge >= 0.3 is 5.97 Å². The quantitative estimate of drug-likeness (QED) is 0.248. The molecule has 7 rings (SSSR count). The number of aromatic nitrogens is 6. The smallest absolute Gasteiger partial charge is 0.335 e. The summed E-state index contributed by atoms with van der Waals surface area (Å²) < 4.78 is 16.0. The standard InChI is InChI=1S/C30H21FN8O3S/c1-30(29-34-20(14-43-29)15-8-10-16(11-9-15)27(40)41)21-23(32)35-25(36-24(21)37-28(30)42)22-18-6-4-12-33-26(18)39(38-22)13-17-5-2-3-7-19(17)31/h2-12,14H,13H2,1H3,(H,40,41)(H3,32,35,36,37,42). The molecular weight excluding hydrogens is 571 g/mol. The Balaban J connectivity index is 1.28. The molecule has 11 nitrogen and oxygen atoms in total. The van der Waals surface area contributed by atoms with Crippen LogP contribution < -0.4 is 11.1 Å². The summed E-state index contributed by atoms with van der Waals surface area (Å²) in [5, 5.41) is 19.6. The van der Waals surface area contributed by atoms with Gasteiger partial charge in [0.25, 0.3) is 0 Å². The molecule has 5 heterocycles. The normalized spacial score (nSPS) is 15.9. The number of aromatic carboxylic acids is 1. The number of amides is 1. The van der Waals surface area contributed by atoms with Crippen molar-refractivity contribution in [2.75, 3.05) is 11.1 Å². The molecule has 0 fully saturated rings. The summed E-state index contributed by atoms with van der Waals surface area (Å²) in [5.41, 5.74) is 8.47. The lowest BCUT2D eigenvalue weighted by Crippen LogP contribution is -2.32. The zero-order valence-corrected chi connectivity index (χ0v) is 23.3. The molecule has 0 spiro atoms. The van der Waals surface area contributed by atoms with Gasteiger partial charge in [0.1, 0.15) is 33.6 Å². The summed E-state index contributed by atoms with van der Waals surface area (Å²) >= 11 is 1.28. The lowest BCUT2D eigenvalue weighted by Gasteiger charge is -2.20.